The summed E-state index contributed by atoms with van der Waals surface area (Å²) >= 11 is 0. The Morgan fingerprint density at radius 3 is 2.40 bits per heavy atom. The average Bonchev–Trinajstić information content (AvgIpc) is 3.15. The Bertz CT molecular complexity index is 332. The molecule has 1 saturated carbocycles. The van der Waals surface area contributed by atoms with Crippen LogP contribution in [-0.2, 0) is 4.79 Å². The van der Waals surface area contributed by atoms with Crippen LogP contribution in [-0.4, -0.2) is 54.4 Å². The van der Waals surface area contributed by atoms with Gasteiger partial charge in [0.05, 0.1) is 6.42 Å². The van der Waals surface area contributed by atoms with E-state index in [9.17, 15) is 23.1 Å². The van der Waals surface area contributed by atoms with Gasteiger partial charge in [0.1, 0.15) is 5.54 Å². The van der Waals surface area contributed by atoms with Crippen molar-refractivity contribution in [2.24, 2.45) is 5.92 Å². The third-order valence-corrected chi connectivity index (χ3v) is 3.64. The quantitative estimate of drug-likeness (QED) is 0.684. The molecular weight excluding hydrogens is 273 g/mol. The van der Waals surface area contributed by atoms with Crippen molar-refractivity contribution >= 4 is 5.97 Å². The first-order valence-corrected chi connectivity index (χ1v) is 6.95. The first-order valence-electron chi connectivity index (χ1n) is 6.95. The van der Waals surface area contributed by atoms with Crippen LogP contribution in [0.15, 0.2) is 0 Å². The zero-order valence-electron chi connectivity index (χ0n) is 12.0. The molecule has 0 amide bonds. The molecule has 1 atom stereocenters. The summed E-state index contributed by atoms with van der Waals surface area (Å²) in [5, 5.41) is 12.6. The monoisotopic (exact) mass is 296 g/mol. The first-order chi connectivity index (χ1) is 9.21. The molecule has 0 radical (unpaired) electrons. The summed E-state index contributed by atoms with van der Waals surface area (Å²) in [5.74, 6) is -0.952. The summed E-state index contributed by atoms with van der Waals surface area (Å²) in [4.78, 5) is 13.1. The largest absolute Gasteiger partial charge is 0.480 e. The lowest BCUT2D eigenvalue weighted by molar-refractivity contribution is -0.148. The number of carboxylic acids is 1. The molecule has 0 heterocycles. The van der Waals surface area contributed by atoms with Crippen LogP contribution in [0.2, 0.25) is 0 Å². The molecule has 1 aliphatic carbocycles. The van der Waals surface area contributed by atoms with Crippen molar-refractivity contribution in [1.29, 1.82) is 0 Å². The number of likely N-dealkylation sites (N-methyl/N-ethyl adjacent to an activating group) is 1. The highest BCUT2D eigenvalue weighted by molar-refractivity contribution is 5.80. The molecular formula is C13H23F3N2O2. The molecule has 1 rings (SSSR count). The second-order valence-corrected chi connectivity index (χ2v) is 5.58. The maximum atomic E-state index is 12.2. The normalized spacial score (nSPS) is 19.1. The Labute approximate surface area is 117 Å². The fourth-order valence-corrected chi connectivity index (χ4v) is 2.39. The molecule has 118 valence electrons. The number of alkyl halides is 3. The highest BCUT2D eigenvalue weighted by Crippen LogP contribution is 2.40. The van der Waals surface area contributed by atoms with Gasteiger partial charge in [-0.25, -0.2) is 0 Å². The van der Waals surface area contributed by atoms with Crippen molar-refractivity contribution in [3.63, 3.8) is 0 Å². The number of nitrogens with zero attached hydrogens (tertiary/aromatic N) is 1. The Balaban J connectivity index is 2.66. The van der Waals surface area contributed by atoms with E-state index in [4.69, 9.17) is 0 Å². The Kier molecular flexibility index (Phi) is 5.82. The minimum atomic E-state index is -4.21. The van der Waals surface area contributed by atoms with Crippen molar-refractivity contribution in [3.8, 4) is 0 Å². The van der Waals surface area contributed by atoms with Gasteiger partial charge >= 0.3 is 12.1 Å². The minimum Gasteiger partial charge on any atom is -0.480 e. The van der Waals surface area contributed by atoms with Gasteiger partial charge in [-0.1, -0.05) is 6.92 Å². The van der Waals surface area contributed by atoms with Crippen LogP contribution in [0, 0.1) is 5.92 Å². The zero-order valence-corrected chi connectivity index (χ0v) is 12.0. The van der Waals surface area contributed by atoms with Crippen molar-refractivity contribution in [1.82, 2.24) is 10.2 Å². The number of halogens is 3. The van der Waals surface area contributed by atoms with E-state index in [-0.39, 0.29) is 19.0 Å². The van der Waals surface area contributed by atoms with Crippen molar-refractivity contribution in [2.45, 2.75) is 44.3 Å². The topological polar surface area (TPSA) is 52.6 Å². The lowest BCUT2D eigenvalue weighted by atomic mass is 9.92. The Morgan fingerprint density at radius 2 is 2.00 bits per heavy atom. The van der Waals surface area contributed by atoms with Gasteiger partial charge in [0.2, 0.25) is 0 Å². The number of carbonyl (C=O) groups is 1. The Hall–Kier alpha value is -0.820. The number of hydrogen-bond donors (Lipinski definition) is 2. The standard InChI is InChI=1S/C13H23F3N2O2/c1-3-7-17-12(11(19)20,10-4-5-10)9-18(2)8-6-13(14,15)16/h10,17H,3-9H2,1-2H3,(H,19,20). The molecule has 1 fully saturated rings. The molecule has 0 saturated heterocycles. The molecule has 1 aliphatic rings. The summed E-state index contributed by atoms with van der Waals surface area (Å²) in [6.07, 6.45) is -2.71. The molecule has 1 unspecified atom stereocenters. The molecule has 2 N–H and O–H groups in total. The molecule has 0 bridgehead atoms. The summed E-state index contributed by atoms with van der Waals surface area (Å²) < 4.78 is 36.7. The lowest BCUT2D eigenvalue weighted by Gasteiger charge is -2.35. The van der Waals surface area contributed by atoms with Gasteiger partial charge in [-0.05, 0) is 38.8 Å². The maximum absolute atomic E-state index is 12.2. The second-order valence-electron chi connectivity index (χ2n) is 5.58. The molecule has 0 aromatic heterocycles. The van der Waals surface area contributed by atoms with Gasteiger partial charge in [-0.15, -0.1) is 0 Å². The number of aliphatic carboxylic acids is 1. The molecule has 20 heavy (non-hydrogen) atoms. The van der Waals surface area contributed by atoms with Crippen molar-refractivity contribution < 1.29 is 23.1 Å². The third-order valence-electron chi connectivity index (χ3n) is 3.64. The summed E-state index contributed by atoms with van der Waals surface area (Å²) in [7, 11) is 1.54. The van der Waals surface area contributed by atoms with E-state index in [0.717, 1.165) is 19.3 Å². The van der Waals surface area contributed by atoms with Gasteiger partial charge in [-0.3, -0.25) is 4.79 Å². The summed E-state index contributed by atoms with van der Waals surface area (Å²) in [6, 6.07) is 0. The van der Waals surface area contributed by atoms with Gasteiger partial charge in [0.25, 0.3) is 0 Å². The van der Waals surface area contributed by atoms with Gasteiger partial charge in [-0.2, -0.15) is 13.2 Å². The van der Waals surface area contributed by atoms with E-state index in [1.807, 2.05) is 6.92 Å². The molecule has 0 aromatic rings. The lowest BCUT2D eigenvalue weighted by Crippen LogP contribution is -2.60. The highest BCUT2D eigenvalue weighted by atomic mass is 19.4. The van der Waals surface area contributed by atoms with Crippen LogP contribution in [0.5, 0.6) is 0 Å². The van der Waals surface area contributed by atoms with E-state index in [1.165, 1.54) is 4.90 Å². The smallest absolute Gasteiger partial charge is 0.390 e. The third kappa shape index (κ3) is 4.94. The second kappa shape index (κ2) is 6.76. The molecule has 7 heteroatoms. The van der Waals surface area contributed by atoms with E-state index in [1.54, 1.807) is 7.05 Å². The van der Waals surface area contributed by atoms with E-state index < -0.39 is 24.1 Å². The number of carboxylic acid groups (broad SMARTS) is 1. The maximum Gasteiger partial charge on any atom is 0.390 e. The average molecular weight is 296 g/mol. The van der Waals surface area contributed by atoms with Gasteiger partial charge in [0, 0.05) is 13.1 Å². The van der Waals surface area contributed by atoms with Crippen LogP contribution in [0.4, 0.5) is 13.2 Å². The van der Waals surface area contributed by atoms with Gasteiger partial charge in [0.15, 0.2) is 0 Å². The fourth-order valence-electron chi connectivity index (χ4n) is 2.39. The molecule has 0 spiro atoms. The number of rotatable bonds is 9. The van der Waals surface area contributed by atoms with Gasteiger partial charge < -0.3 is 15.3 Å². The zero-order chi connectivity index (χ0) is 15.4. The van der Waals surface area contributed by atoms with Crippen LogP contribution >= 0.6 is 0 Å². The summed E-state index contributed by atoms with van der Waals surface area (Å²) in [6.45, 7) is 2.40. The first kappa shape index (κ1) is 17.2. The molecule has 0 aliphatic heterocycles. The van der Waals surface area contributed by atoms with E-state index in [0.29, 0.717) is 6.54 Å². The van der Waals surface area contributed by atoms with Crippen molar-refractivity contribution in [3.05, 3.63) is 0 Å². The SMILES string of the molecule is CCCNC(CN(C)CCC(F)(F)F)(C(=O)O)C1CC1. The van der Waals surface area contributed by atoms with Crippen LogP contribution in [0.3, 0.4) is 0 Å². The van der Waals surface area contributed by atoms with Crippen LogP contribution in [0.25, 0.3) is 0 Å². The minimum absolute atomic E-state index is 0.0138. The van der Waals surface area contributed by atoms with Crippen LogP contribution < -0.4 is 5.32 Å². The fraction of sp³-hybridized carbons (Fsp3) is 0.923. The predicted molar refractivity (Wildman–Crippen MR) is 69.6 cm³/mol. The highest BCUT2D eigenvalue weighted by Gasteiger charge is 2.51. The van der Waals surface area contributed by atoms with Crippen molar-refractivity contribution in [2.75, 3.05) is 26.7 Å². The predicted octanol–water partition coefficient (Wildman–Crippen LogP) is 2.10. The number of hydrogen-bond acceptors (Lipinski definition) is 3. The van der Waals surface area contributed by atoms with Crippen LogP contribution in [0.1, 0.15) is 32.6 Å². The molecule has 4 nitrogen and oxygen atoms in total. The van der Waals surface area contributed by atoms with E-state index in [2.05, 4.69) is 5.32 Å². The van der Waals surface area contributed by atoms with E-state index >= 15 is 0 Å². The Morgan fingerprint density at radius 1 is 1.40 bits per heavy atom. The summed E-state index contributed by atoms with van der Waals surface area (Å²) in [5.41, 5.74) is -1.11. The molecule has 0 aromatic carbocycles. The number of nitrogens with one attached hydrogen (secondary N) is 1.